The Kier molecular flexibility index (Phi) is 4.85. The first-order chi connectivity index (χ1) is 11.5. The van der Waals surface area contributed by atoms with Crippen molar-refractivity contribution < 1.29 is 17.6 Å². The molecule has 0 N–H and O–H groups in total. The van der Waals surface area contributed by atoms with Gasteiger partial charge in [0.2, 0.25) is 5.91 Å². The fourth-order valence-corrected chi connectivity index (χ4v) is 4.54. The smallest absolute Gasteiger partial charge is 0.247 e. The van der Waals surface area contributed by atoms with Crippen molar-refractivity contribution in [1.29, 1.82) is 0 Å². The molecule has 1 fully saturated rings. The van der Waals surface area contributed by atoms with Crippen molar-refractivity contribution in [3.63, 3.8) is 0 Å². The summed E-state index contributed by atoms with van der Waals surface area (Å²) in [5.74, 6) is 0.568. The van der Waals surface area contributed by atoms with E-state index in [2.05, 4.69) is 0 Å². The molecular formula is C18H19NO4S. The second kappa shape index (κ2) is 7.05. The van der Waals surface area contributed by atoms with Gasteiger partial charge in [-0.15, -0.1) is 0 Å². The van der Waals surface area contributed by atoms with Crippen molar-refractivity contribution in [2.45, 2.75) is 19.0 Å². The van der Waals surface area contributed by atoms with Gasteiger partial charge in [0.05, 0.1) is 24.3 Å². The zero-order chi connectivity index (χ0) is 17.0. The summed E-state index contributed by atoms with van der Waals surface area (Å²) in [6.07, 6.45) is 5.24. The number of rotatable bonds is 5. The number of carbonyl (C=O) groups excluding carboxylic acids is 1. The van der Waals surface area contributed by atoms with Crippen LogP contribution in [-0.2, 0) is 21.2 Å². The molecule has 2 heterocycles. The Bertz CT molecular complexity index is 810. The van der Waals surface area contributed by atoms with E-state index in [0.29, 0.717) is 12.2 Å². The molecule has 1 aliphatic rings. The van der Waals surface area contributed by atoms with E-state index in [-0.39, 0.29) is 30.0 Å². The third-order valence-electron chi connectivity index (χ3n) is 4.06. The van der Waals surface area contributed by atoms with Gasteiger partial charge in [-0.25, -0.2) is 8.42 Å². The molecule has 1 aromatic heterocycles. The average molecular weight is 345 g/mol. The Hall–Kier alpha value is -2.34. The van der Waals surface area contributed by atoms with Crippen molar-refractivity contribution in [1.82, 2.24) is 4.90 Å². The van der Waals surface area contributed by atoms with Crippen LogP contribution < -0.4 is 0 Å². The minimum absolute atomic E-state index is 0.0125. The fourth-order valence-electron chi connectivity index (χ4n) is 2.81. The fraction of sp³-hybridized carbons (Fsp3) is 0.278. The van der Waals surface area contributed by atoms with Crippen molar-refractivity contribution in [2.24, 2.45) is 0 Å². The van der Waals surface area contributed by atoms with E-state index in [1.807, 2.05) is 30.3 Å². The second-order valence-electron chi connectivity index (χ2n) is 5.85. The summed E-state index contributed by atoms with van der Waals surface area (Å²) in [5.41, 5.74) is 0.919. The van der Waals surface area contributed by atoms with Crippen molar-refractivity contribution in [2.75, 3.05) is 11.5 Å². The van der Waals surface area contributed by atoms with Gasteiger partial charge < -0.3 is 9.32 Å². The van der Waals surface area contributed by atoms with E-state index in [0.717, 1.165) is 5.56 Å². The zero-order valence-electron chi connectivity index (χ0n) is 13.2. The van der Waals surface area contributed by atoms with Crippen LogP contribution in [0.15, 0.2) is 59.2 Å². The molecule has 1 atom stereocenters. The lowest BCUT2D eigenvalue weighted by atomic mass is 10.2. The molecule has 1 amide bonds. The molecule has 2 aromatic rings. The maximum absolute atomic E-state index is 12.6. The largest absolute Gasteiger partial charge is 0.467 e. The number of amides is 1. The molecule has 1 aromatic carbocycles. The zero-order valence-corrected chi connectivity index (χ0v) is 14.0. The molecule has 5 nitrogen and oxygen atoms in total. The van der Waals surface area contributed by atoms with Crippen molar-refractivity contribution in [3.8, 4) is 0 Å². The summed E-state index contributed by atoms with van der Waals surface area (Å²) in [5, 5.41) is 0. The van der Waals surface area contributed by atoms with E-state index < -0.39 is 9.84 Å². The normalized spacial score (nSPS) is 19.6. The average Bonchev–Trinajstić information content (AvgIpc) is 3.20. The lowest BCUT2D eigenvalue weighted by Crippen LogP contribution is -2.39. The van der Waals surface area contributed by atoms with Gasteiger partial charge in [0, 0.05) is 12.1 Å². The predicted octanol–water partition coefficient (Wildman–Crippen LogP) is 2.51. The summed E-state index contributed by atoms with van der Waals surface area (Å²) >= 11 is 0. The van der Waals surface area contributed by atoms with E-state index in [1.165, 1.54) is 6.08 Å². The van der Waals surface area contributed by atoms with Crippen molar-refractivity contribution in [3.05, 3.63) is 66.1 Å². The molecule has 0 saturated carbocycles. The highest BCUT2D eigenvalue weighted by Gasteiger charge is 2.34. The number of benzene rings is 1. The monoisotopic (exact) mass is 345 g/mol. The van der Waals surface area contributed by atoms with Crippen molar-refractivity contribution >= 4 is 21.8 Å². The van der Waals surface area contributed by atoms with Gasteiger partial charge in [-0.05, 0) is 30.2 Å². The molecule has 0 radical (unpaired) electrons. The van der Waals surface area contributed by atoms with E-state index >= 15 is 0 Å². The highest BCUT2D eigenvalue weighted by molar-refractivity contribution is 7.91. The molecule has 6 heteroatoms. The lowest BCUT2D eigenvalue weighted by Gasteiger charge is -2.26. The van der Waals surface area contributed by atoms with Crippen LogP contribution in [0, 0.1) is 0 Å². The number of hydrogen-bond acceptors (Lipinski definition) is 4. The standard InChI is InChI=1S/C18H19NO4S/c20-18(9-8-15-5-2-1-3-6-15)19(13-17-7-4-11-23-17)16-10-12-24(21,22)14-16/h1-9,11,16H,10,12-14H2. The van der Waals surface area contributed by atoms with Gasteiger partial charge in [-0.1, -0.05) is 30.3 Å². The van der Waals surface area contributed by atoms with Gasteiger partial charge in [0.1, 0.15) is 5.76 Å². The summed E-state index contributed by atoms with van der Waals surface area (Å²) in [4.78, 5) is 14.2. The quantitative estimate of drug-likeness (QED) is 0.781. The molecule has 3 rings (SSSR count). The second-order valence-corrected chi connectivity index (χ2v) is 8.08. The third-order valence-corrected chi connectivity index (χ3v) is 5.81. The molecule has 126 valence electrons. The van der Waals surface area contributed by atoms with Gasteiger partial charge >= 0.3 is 0 Å². The maximum atomic E-state index is 12.6. The van der Waals surface area contributed by atoms with E-state index in [9.17, 15) is 13.2 Å². The molecule has 0 spiro atoms. The number of sulfone groups is 1. The van der Waals surface area contributed by atoms with Gasteiger partial charge in [0.25, 0.3) is 0 Å². The summed E-state index contributed by atoms with van der Waals surface area (Å²) in [6.45, 7) is 0.269. The van der Waals surface area contributed by atoms with Crippen LogP contribution in [-0.4, -0.2) is 36.8 Å². The maximum Gasteiger partial charge on any atom is 0.247 e. The third kappa shape index (κ3) is 4.14. The predicted molar refractivity (Wildman–Crippen MR) is 91.8 cm³/mol. The Morgan fingerprint density at radius 1 is 1.21 bits per heavy atom. The Labute approximate surface area is 141 Å². The summed E-state index contributed by atoms with van der Waals surface area (Å²) in [7, 11) is -3.07. The highest BCUT2D eigenvalue weighted by Crippen LogP contribution is 2.21. The number of hydrogen-bond donors (Lipinski definition) is 0. The SMILES string of the molecule is O=C(C=Cc1ccccc1)N(Cc1ccco1)C1CCS(=O)(=O)C1. The molecule has 0 aliphatic carbocycles. The molecule has 1 unspecified atom stereocenters. The Morgan fingerprint density at radius 3 is 2.62 bits per heavy atom. The summed E-state index contributed by atoms with van der Waals surface area (Å²) < 4.78 is 28.9. The van der Waals surface area contributed by atoms with Crippen LogP contribution in [0.5, 0.6) is 0 Å². The lowest BCUT2D eigenvalue weighted by molar-refractivity contribution is -0.128. The first-order valence-electron chi connectivity index (χ1n) is 7.80. The molecule has 1 aliphatic heterocycles. The molecule has 0 bridgehead atoms. The number of carbonyl (C=O) groups is 1. The molecule has 1 saturated heterocycles. The van der Waals surface area contributed by atoms with Crippen LogP contribution in [0.4, 0.5) is 0 Å². The minimum Gasteiger partial charge on any atom is -0.467 e. The Balaban J connectivity index is 1.78. The van der Waals surface area contributed by atoms with Gasteiger partial charge in [-0.3, -0.25) is 4.79 Å². The van der Waals surface area contributed by atoms with Gasteiger partial charge in [-0.2, -0.15) is 0 Å². The van der Waals surface area contributed by atoms with Crippen LogP contribution >= 0.6 is 0 Å². The van der Waals surface area contributed by atoms with Crippen LogP contribution in [0.2, 0.25) is 0 Å². The van der Waals surface area contributed by atoms with E-state index in [1.54, 1.807) is 29.4 Å². The first-order valence-corrected chi connectivity index (χ1v) is 9.62. The van der Waals surface area contributed by atoms with E-state index in [4.69, 9.17) is 4.42 Å². The van der Waals surface area contributed by atoms with Gasteiger partial charge in [0.15, 0.2) is 9.84 Å². The summed E-state index contributed by atoms with van der Waals surface area (Å²) in [6, 6.07) is 12.7. The number of nitrogens with zero attached hydrogens (tertiary/aromatic N) is 1. The minimum atomic E-state index is -3.07. The van der Waals surface area contributed by atoms with Crippen LogP contribution in [0.25, 0.3) is 6.08 Å². The molecular weight excluding hydrogens is 326 g/mol. The molecule has 24 heavy (non-hydrogen) atoms. The topological polar surface area (TPSA) is 67.6 Å². The van der Waals surface area contributed by atoms with Crippen LogP contribution in [0.1, 0.15) is 17.7 Å². The highest BCUT2D eigenvalue weighted by atomic mass is 32.2. The Morgan fingerprint density at radius 2 is 2.00 bits per heavy atom. The number of furan rings is 1. The first kappa shape index (κ1) is 16.5. The van der Waals surface area contributed by atoms with Crippen LogP contribution in [0.3, 0.4) is 0 Å².